The molecule has 2 saturated heterocycles. The van der Waals surface area contributed by atoms with Crippen molar-refractivity contribution < 1.29 is 0 Å². The number of piperidine rings is 1. The normalized spacial score (nSPS) is 25.4. The average molecular weight is 425 g/mol. The number of allylic oxidation sites excluding steroid dienone is 1. The van der Waals surface area contributed by atoms with Gasteiger partial charge in [0.25, 0.3) is 0 Å². The molecule has 4 aliphatic rings. The molecule has 0 aromatic heterocycles. The monoisotopic (exact) mass is 424 g/mol. The Morgan fingerprint density at radius 1 is 1.00 bits per heavy atom. The Balaban J connectivity index is 1.14. The molecule has 0 bridgehead atoms. The highest BCUT2D eigenvalue weighted by atomic mass is 32.2. The summed E-state index contributed by atoms with van der Waals surface area (Å²) < 4.78 is 0. The van der Waals surface area contributed by atoms with Gasteiger partial charge in [-0.3, -0.25) is 4.99 Å². The van der Waals surface area contributed by atoms with Gasteiger partial charge in [0.05, 0.1) is 12.6 Å². The smallest absolute Gasteiger partial charge is 0.191 e. The predicted octanol–water partition coefficient (Wildman–Crippen LogP) is 3.20. The van der Waals surface area contributed by atoms with Crippen molar-refractivity contribution in [3.05, 3.63) is 47.7 Å². The number of amidine groups is 2. The summed E-state index contributed by atoms with van der Waals surface area (Å²) in [5.41, 5.74) is 3.93. The topological polar surface area (TPSA) is 37.7 Å². The van der Waals surface area contributed by atoms with Crippen LogP contribution in [-0.4, -0.2) is 82.9 Å². The Labute approximate surface area is 184 Å². The SMILES string of the molecule is C=C(C1CCN(C2=NN3CC(c4ccc(C)cc4)N=C3S2)CC1)N1CCN(C)CC1. The van der Waals surface area contributed by atoms with Crippen LogP contribution in [0.2, 0.25) is 0 Å². The van der Waals surface area contributed by atoms with Crippen molar-refractivity contribution in [3.8, 4) is 0 Å². The van der Waals surface area contributed by atoms with Gasteiger partial charge in [-0.15, -0.1) is 5.10 Å². The van der Waals surface area contributed by atoms with Crippen molar-refractivity contribution in [1.82, 2.24) is 19.7 Å². The summed E-state index contributed by atoms with van der Waals surface area (Å²) in [6.07, 6.45) is 2.34. The van der Waals surface area contributed by atoms with E-state index in [0.29, 0.717) is 5.92 Å². The van der Waals surface area contributed by atoms with E-state index in [1.54, 1.807) is 11.8 Å². The van der Waals surface area contributed by atoms with Crippen molar-refractivity contribution in [3.63, 3.8) is 0 Å². The second kappa shape index (κ2) is 8.27. The van der Waals surface area contributed by atoms with Gasteiger partial charge in [-0.25, -0.2) is 5.01 Å². The molecule has 6 nitrogen and oxygen atoms in total. The minimum absolute atomic E-state index is 0.205. The summed E-state index contributed by atoms with van der Waals surface area (Å²) in [6, 6.07) is 8.93. The zero-order valence-corrected chi connectivity index (χ0v) is 18.9. The van der Waals surface area contributed by atoms with Gasteiger partial charge in [0.15, 0.2) is 10.3 Å². The number of rotatable bonds is 3. The molecule has 0 radical (unpaired) electrons. The third-order valence-electron chi connectivity index (χ3n) is 6.83. The summed E-state index contributed by atoms with van der Waals surface area (Å²) in [5.74, 6) is 0.611. The molecule has 0 saturated carbocycles. The molecular weight excluding hydrogens is 392 g/mol. The van der Waals surface area contributed by atoms with Gasteiger partial charge in [0.2, 0.25) is 0 Å². The third-order valence-corrected chi connectivity index (χ3v) is 7.85. The standard InChI is InChI=1S/C23H32N6S/c1-17-4-6-20(7-5-17)21-16-29-22(24-21)30-23(25-29)28-10-8-19(9-11-28)18(2)27-14-12-26(3)13-15-27/h4-7,19,21H,2,8-16H2,1,3H3. The fraction of sp³-hybridized carbons (Fsp3) is 0.565. The Hall–Kier alpha value is -1.99. The van der Waals surface area contributed by atoms with Gasteiger partial charge in [0.1, 0.15) is 0 Å². The molecule has 1 unspecified atom stereocenters. The number of thioether (sulfide) groups is 1. The molecule has 1 aromatic carbocycles. The molecule has 30 heavy (non-hydrogen) atoms. The number of likely N-dealkylation sites (tertiary alicyclic amines) is 1. The van der Waals surface area contributed by atoms with Gasteiger partial charge in [-0.1, -0.05) is 36.4 Å². The van der Waals surface area contributed by atoms with E-state index in [9.17, 15) is 0 Å². The Morgan fingerprint density at radius 3 is 2.37 bits per heavy atom. The van der Waals surface area contributed by atoms with Crippen molar-refractivity contribution in [1.29, 1.82) is 0 Å². The van der Waals surface area contributed by atoms with E-state index < -0.39 is 0 Å². The van der Waals surface area contributed by atoms with Crippen LogP contribution < -0.4 is 0 Å². The summed E-state index contributed by atoms with van der Waals surface area (Å²) in [6.45, 7) is 14.1. The van der Waals surface area contributed by atoms with E-state index in [0.717, 1.165) is 56.1 Å². The fourth-order valence-corrected chi connectivity index (χ4v) is 5.72. The van der Waals surface area contributed by atoms with Crippen molar-refractivity contribution in [2.75, 3.05) is 52.9 Å². The number of aryl methyl sites for hydroxylation is 1. The lowest BCUT2D eigenvalue weighted by molar-refractivity contribution is 0.160. The number of piperazine rings is 1. The maximum atomic E-state index is 4.95. The molecule has 4 aliphatic heterocycles. The van der Waals surface area contributed by atoms with E-state index in [1.807, 2.05) is 0 Å². The second-order valence-corrected chi connectivity index (χ2v) is 9.88. The molecule has 1 aromatic rings. The summed E-state index contributed by atoms with van der Waals surface area (Å²) >= 11 is 1.74. The van der Waals surface area contributed by atoms with Crippen LogP contribution in [0.5, 0.6) is 0 Å². The van der Waals surface area contributed by atoms with Crippen LogP contribution >= 0.6 is 11.8 Å². The number of nitrogens with zero attached hydrogens (tertiary/aromatic N) is 6. The van der Waals surface area contributed by atoms with Gasteiger partial charge >= 0.3 is 0 Å². The number of hydrogen-bond acceptors (Lipinski definition) is 7. The van der Waals surface area contributed by atoms with Crippen molar-refractivity contribution in [2.45, 2.75) is 25.8 Å². The highest BCUT2D eigenvalue weighted by Gasteiger charge is 2.36. The predicted molar refractivity (Wildman–Crippen MR) is 126 cm³/mol. The Bertz CT molecular complexity index is 847. The molecular formula is C23H32N6S. The second-order valence-electron chi connectivity index (χ2n) is 8.95. The highest BCUT2D eigenvalue weighted by molar-refractivity contribution is 8.26. The van der Waals surface area contributed by atoms with Crippen LogP contribution in [0, 0.1) is 12.8 Å². The van der Waals surface area contributed by atoms with Gasteiger partial charge in [-0.2, -0.15) is 0 Å². The van der Waals surface area contributed by atoms with E-state index in [1.165, 1.54) is 29.7 Å². The number of fused-ring (bicyclic) bond motifs is 1. The maximum Gasteiger partial charge on any atom is 0.191 e. The van der Waals surface area contributed by atoms with Crippen molar-refractivity contribution in [2.24, 2.45) is 16.0 Å². The summed E-state index contributed by atoms with van der Waals surface area (Å²) in [5, 5.41) is 9.18. The molecule has 1 atom stereocenters. The molecule has 7 heteroatoms. The van der Waals surface area contributed by atoms with Crippen LogP contribution in [0.4, 0.5) is 0 Å². The first kappa shape index (κ1) is 19.9. The molecule has 0 N–H and O–H groups in total. The molecule has 4 heterocycles. The zero-order valence-electron chi connectivity index (χ0n) is 18.1. The van der Waals surface area contributed by atoms with E-state index in [4.69, 9.17) is 10.1 Å². The maximum absolute atomic E-state index is 4.95. The van der Waals surface area contributed by atoms with Crippen LogP contribution in [0.3, 0.4) is 0 Å². The van der Waals surface area contributed by atoms with Crippen LogP contribution in [0.1, 0.15) is 30.0 Å². The molecule has 0 spiro atoms. The number of benzene rings is 1. The first-order chi connectivity index (χ1) is 14.6. The molecule has 5 rings (SSSR count). The fourth-order valence-electron chi connectivity index (χ4n) is 4.70. The summed E-state index contributed by atoms with van der Waals surface area (Å²) in [7, 11) is 2.21. The zero-order chi connectivity index (χ0) is 20.7. The first-order valence-corrected chi connectivity index (χ1v) is 11.9. The number of likely N-dealkylation sites (N-methyl/N-ethyl adjacent to an activating group) is 1. The minimum Gasteiger partial charge on any atom is -0.372 e. The van der Waals surface area contributed by atoms with Crippen LogP contribution in [0.15, 0.2) is 46.6 Å². The van der Waals surface area contributed by atoms with Gasteiger partial charge in [-0.05, 0) is 44.1 Å². The summed E-state index contributed by atoms with van der Waals surface area (Å²) in [4.78, 5) is 12.3. The number of hydrazone groups is 1. The minimum atomic E-state index is 0.205. The quantitative estimate of drug-likeness (QED) is 0.745. The van der Waals surface area contributed by atoms with E-state index >= 15 is 0 Å². The van der Waals surface area contributed by atoms with Gasteiger partial charge in [0, 0.05) is 50.9 Å². The van der Waals surface area contributed by atoms with Gasteiger partial charge < -0.3 is 14.7 Å². The number of aliphatic imine (C=N–C) groups is 1. The van der Waals surface area contributed by atoms with E-state index in [-0.39, 0.29) is 6.04 Å². The lowest BCUT2D eigenvalue weighted by atomic mass is 9.93. The average Bonchev–Trinajstić information content (AvgIpc) is 3.34. The highest BCUT2D eigenvalue weighted by Crippen LogP contribution is 2.36. The Morgan fingerprint density at radius 2 is 1.70 bits per heavy atom. The number of hydrogen-bond donors (Lipinski definition) is 0. The van der Waals surface area contributed by atoms with Crippen LogP contribution in [0.25, 0.3) is 0 Å². The van der Waals surface area contributed by atoms with Crippen molar-refractivity contribution >= 4 is 22.1 Å². The third kappa shape index (κ3) is 3.97. The Kier molecular flexibility index (Phi) is 5.50. The molecule has 0 aliphatic carbocycles. The lowest BCUT2D eigenvalue weighted by Crippen LogP contribution is -2.46. The van der Waals surface area contributed by atoms with Crippen LogP contribution in [-0.2, 0) is 0 Å². The molecule has 0 amide bonds. The molecule has 160 valence electrons. The van der Waals surface area contributed by atoms with E-state index in [2.05, 4.69) is 64.5 Å². The lowest BCUT2D eigenvalue weighted by Gasteiger charge is -2.40. The first-order valence-electron chi connectivity index (χ1n) is 11.1. The largest absolute Gasteiger partial charge is 0.372 e. The molecule has 2 fully saturated rings.